The number of rotatable bonds is 6. The number of benzene rings is 1. The maximum Gasteiger partial charge on any atom is 0.122 e. The first kappa shape index (κ1) is 11.9. The molecular formula is C14H18N2O. The van der Waals surface area contributed by atoms with Gasteiger partial charge in [0.2, 0.25) is 0 Å². The zero-order valence-electron chi connectivity index (χ0n) is 10.1. The van der Waals surface area contributed by atoms with Crippen molar-refractivity contribution in [3.8, 4) is 0 Å². The Bertz CT molecular complexity index is 436. The third kappa shape index (κ3) is 3.73. The fraction of sp³-hybridized carbons (Fsp3) is 0.286. The highest BCUT2D eigenvalue weighted by atomic mass is 16.5. The van der Waals surface area contributed by atoms with E-state index in [4.69, 9.17) is 4.74 Å². The van der Waals surface area contributed by atoms with Gasteiger partial charge in [-0.05, 0) is 24.2 Å². The van der Waals surface area contributed by atoms with Crippen LogP contribution in [-0.2, 0) is 24.6 Å². The van der Waals surface area contributed by atoms with E-state index in [0.29, 0.717) is 13.3 Å². The van der Waals surface area contributed by atoms with Gasteiger partial charge < -0.3 is 14.6 Å². The number of hydrogen-bond donors (Lipinski definition) is 1. The first-order valence-electron chi connectivity index (χ1n) is 5.79. The van der Waals surface area contributed by atoms with Crippen molar-refractivity contribution in [2.75, 3.05) is 7.05 Å². The van der Waals surface area contributed by atoms with E-state index in [1.54, 1.807) is 0 Å². The van der Waals surface area contributed by atoms with E-state index in [2.05, 4.69) is 34.3 Å². The van der Waals surface area contributed by atoms with Crippen LogP contribution in [0.25, 0.3) is 0 Å². The molecule has 0 atom stereocenters. The molecule has 0 saturated carbocycles. The maximum atomic E-state index is 5.64. The lowest BCUT2D eigenvalue weighted by molar-refractivity contribution is 0.0642. The van der Waals surface area contributed by atoms with E-state index < -0.39 is 0 Å². The monoisotopic (exact) mass is 230 g/mol. The second-order valence-corrected chi connectivity index (χ2v) is 4.03. The molecule has 0 aliphatic rings. The number of hydrogen-bond acceptors (Lipinski definition) is 2. The number of aromatic nitrogens is 1. The molecule has 2 rings (SSSR count). The van der Waals surface area contributed by atoms with Crippen molar-refractivity contribution in [1.82, 2.24) is 9.88 Å². The van der Waals surface area contributed by atoms with E-state index in [1.807, 2.05) is 31.4 Å². The van der Waals surface area contributed by atoms with Crippen LogP contribution in [0, 0.1) is 0 Å². The summed E-state index contributed by atoms with van der Waals surface area (Å²) in [6.07, 6.45) is 4.14. The van der Waals surface area contributed by atoms with Gasteiger partial charge in [0.15, 0.2) is 0 Å². The lowest BCUT2D eigenvalue weighted by Gasteiger charge is -2.05. The molecule has 0 bridgehead atoms. The summed E-state index contributed by atoms with van der Waals surface area (Å²) >= 11 is 0. The lowest BCUT2D eigenvalue weighted by Crippen LogP contribution is -2.04. The molecular weight excluding hydrogens is 212 g/mol. The summed E-state index contributed by atoms with van der Waals surface area (Å²) in [7, 11) is 1.95. The summed E-state index contributed by atoms with van der Waals surface area (Å²) < 4.78 is 7.69. The predicted octanol–water partition coefficient (Wildman–Crippen LogP) is 2.38. The highest BCUT2D eigenvalue weighted by Gasteiger charge is 1.96. The Morgan fingerprint density at radius 2 is 1.94 bits per heavy atom. The fourth-order valence-electron chi connectivity index (χ4n) is 1.72. The SMILES string of the molecule is CNCc1ccn(COCc2ccccc2)c1. The zero-order chi connectivity index (χ0) is 11.9. The molecule has 3 nitrogen and oxygen atoms in total. The van der Waals surface area contributed by atoms with E-state index in [0.717, 1.165) is 6.54 Å². The maximum absolute atomic E-state index is 5.64. The van der Waals surface area contributed by atoms with Crippen LogP contribution >= 0.6 is 0 Å². The van der Waals surface area contributed by atoms with E-state index >= 15 is 0 Å². The first-order valence-corrected chi connectivity index (χ1v) is 5.79. The Balaban J connectivity index is 1.78. The highest BCUT2D eigenvalue weighted by Crippen LogP contribution is 2.04. The van der Waals surface area contributed by atoms with Gasteiger partial charge in [-0.2, -0.15) is 0 Å². The molecule has 2 aromatic rings. The molecule has 0 aliphatic carbocycles. The average Bonchev–Trinajstić information content (AvgIpc) is 2.79. The van der Waals surface area contributed by atoms with Crippen LogP contribution in [0.2, 0.25) is 0 Å². The van der Waals surface area contributed by atoms with Gasteiger partial charge >= 0.3 is 0 Å². The van der Waals surface area contributed by atoms with Crippen LogP contribution < -0.4 is 5.32 Å². The smallest absolute Gasteiger partial charge is 0.122 e. The molecule has 1 N–H and O–H groups in total. The van der Waals surface area contributed by atoms with Gasteiger partial charge in [0, 0.05) is 18.9 Å². The van der Waals surface area contributed by atoms with Gasteiger partial charge in [-0.1, -0.05) is 30.3 Å². The van der Waals surface area contributed by atoms with Crippen molar-refractivity contribution in [3.63, 3.8) is 0 Å². The summed E-state index contributed by atoms with van der Waals surface area (Å²) in [6, 6.07) is 12.3. The van der Waals surface area contributed by atoms with Crippen LogP contribution in [0.3, 0.4) is 0 Å². The standard InChI is InChI=1S/C14H18N2O/c1-15-9-14-7-8-16(10-14)12-17-11-13-5-3-2-4-6-13/h2-8,10,15H,9,11-12H2,1H3. The van der Waals surface area contributed by atoms with Gasteiger partial charge in [0.25, 0.3) is 0 Å². The average molecular weight is 230 g/mol. The Hall–Kier alpha value is -1.58. The number of nitrogens with one attached hydrogen (secondary N) is 1. The van der Waals surface area contributed by atoms with E-state index in [-0.39, 0.29) is 0 Å². The molecule has 1 aromatic carbocycles. The topological polar surface area (TPSA) is 26.2 Å². The molecule has 17 heavy (non-hydrogen) atoms. The summed E-state index contributed by atoms with van der Waals surface area (Å²) in [6.45, 7) is 2.14. The van der Waals surface area contributed by atoms with E-state index in [1.165, 1.54) is 11.1 Å². The Kier molecular flexibility index (Phi) is 4.36. The first-order chi connectivity index (χ1) is 8.38. The molecule has 0 spiro atoms. The van der Waals surface area contributed by atoms with Gasteiger partial charge in [0.1, 0.15) is 6.73 Å². The Morgan fingerprint density at radius 3 is 2.71 bits per heavy atom. The van der Waals surface area contributed by atoms with Crippen LogP contribution in [0.4, 0.5) is 0 Å². The normalized spacial score (nSPS) is 10.6. The number of nitrogens with zero attached hydrogens (tertiary/aromatic N) is 1. The second kappa shape index (κ2) is 6.23. The second-order valence-electron chi connectivity index (χ2n) is 4.03. The molecule has 0 saturated heterocycles. The predicted molar refractivity (Wildman–Crippen MR) is 68.4 cm³/mol. The van der Waals surface area contributed by atoms with E-state index in [9.17, 15) is 0 Å². The van der Waals surface area contributed by atoms with Crippen LogP contribution in [0.15, 0.2) is 48.8 Å². The van der Waals surface area contributed by atoms with Crippen molar-refractivity contribution in [2.45, 2.75) is 19.9 Å². The molecule has 1 aromatic heterocycles. The van der Waals surface area contributed by atoms with Gasteiger partial charge in [-0.25, -0.2) is 0 Å². The van der Waals surface area contributed by atoms with Gasteiger partial charge in [-0.15, -0.1) is 0 Å². The molecule has 3 heteroatoms. The minimum atomic E-state index is 0.596. The summed E-state index contributed by atoms with van der Waals surface area (Å²) in [5.41, 5.74) is 2.48. The Morgan fingerprint density at radius 1 is 1.12 bits per heavy atom. The molecule has 0 fully saturated rings. The van der Waals surface area contributed by atoms with Crippen LogP contribution in [-0.4, -0.2) is 11.6 Å². The van der Waals surface area contributed by atoms with Crippen molar-refractivity contribution < 1.29 is 4.74 Å². The van der Waals surface area contributed by atoms with Gasteiger partial charge in [0.05, 0.1) is 6.61 Å². The van der Waals surface area contributed by atoms with Crippen molar-refractivity contribution in [3.05, 3.63) is 59.9 Å². The highest BCUT2D eigenvalue weighted by molar-refractivity contribution is 5.13. The third-order valence-corrected chi connectivity index (χ3v) is 2.54. The summed E-state index contributed by atoms with van der Waals surface area (Å²) in [4.78, 5) is 0. The van der Waals surface area contributed by atoms with Crippen molar-refractivity contribution in [1.29, 1.82) is 0 Å². The Labute approximate surface area is 102 Å². The van der Waals surface area contributed by atoms with Crippen LogP contribution in [0.1, 0.15) is 11.1 Å². The minimum absolute atomic E-state index is 0.596. The van der Waals surface area contributed by atoms with Crippen molar-refractivity contribution >= 4 is 0 Å². The van der Waals surface area contributed by atoms with Crippen LogP contribution in [0.5, 0.6) is 0 Å². The molecule has 90 valence electrons. The third-order valence-electron chi connectivity index (χ3n) is 2.54. The molecule has 0 amide bonds. The fourth-order valence-corrected chi connectivity index (χ4v) is 1.72. The molecule has 0 radical (unpaired) electrons. The quantitative estimate of drug-likeness (QED) is 0.824. The molecule has 0 aliphatic heterocycles. The minimum Gasteiger partial charge on any atom is -0.356 e. The summed E-state index contributed by atoms with van der Waals surface area (Å²) in [5.74, 6) is 0. The number of ether oxygens (including phenoxy) is 1. The van der Waals surface area contributed by atoms with Gasteiger partial charge in [-0.3, -0.25) is 0 Å². The van der Waals surface area contributed by atoms with Crippen molar-refractivity contribution in [2.24, 2.45) is 0 Å². The largest absolute Gasteiger partial charge is 0.356 e. The lowest BCUT2D eigenvalue weighted by atomic mass is 10.2. The molecule has 0 unspecified atom stereocenters. The molecule has 1 heterocycles. The summed E-state index contributed by atoms with van der Waals surface area (Å²) in [5, 5.41) is 3.13. The zero-order valence-corrected chi connectivity index (χ0v) is 10.1.